The van der Waals surface area contributed by atoms with E-state index in [1.807, 2.05) is 87.5 Å². The van der Waals surface area contributed by atoms with Crippen LogP contribution in [0.15, 0.2) is 108 Å². The highest BCUT2D eigenvalue weighted by Crippen LogP contribution is 2.28. The van der Waals surface area contributed by atoms with Crippen LogP contribution in [0.4, 0.5) is 5.69 Å². The number of nitrogens with zero attached hydrogens (tertiary/aromatic N) is 2. The molecule has 0 bridgehead atoms. The Balaban J connectivity index is 1.81. The molecule has 1 atom stereocenters. The van der Waals surface area contributed by atoms with Crippen molar-refractivity contribution in [3.63, 3.8) is 0 Å². The molecule has 0 radical (unpaired) electrons. The van der Waals surface area contributed by atoms with Gasteiger partial charge in [-0.15, -0.1) is 0 Å². The number of amides is 2. The maximum Gasteiger partial charge on any atom is 0.264 e. The van der Waals surface area contributed by atoms with E-state index in [0.717, 1.165) is 40.7 Å². The van der Waals surface area contributed by atoms with Gasteiger partial charge in [0.15, 0.2) is 0 Å². The number of nitrogens with one attached hydrogen (secondary N) is 1. The molecule has 4 rings (SSSR count). The molecule has 0 unspecified atom stereocenters. The Morgan fingerprint density at radius 2 is 1.44 bits per heavy atom. The summed E-state index contributed by atoms with van der Waals surface area (Å²) in [5.41, 5.74) is 4.88. The topological polar surface area (TPSA) is 86.8 Å². The maximum atomic E-state index is 14.6. The average Bonchev–Trinajstić information content (AvgIpc) is 3.03. The quantitative estimate of drug-likeness (QED) is 0.165. The van der Waals surface area contributed by atoms with E-state index in [1.54, 1.807) is 29.2 Å². The van der Waals surface area contributed by atoms with Crippen molar-refractivity contribution < 1.29 is 18.0 Å². The molecule has 0 aromatic heterocycles. The highest BCUT2D eigenvalue weighted by Gasteiger charge is 2.35. The Morgan fingerprint density at radius 3 is 2.09 bits per heavy atom. The molecule has 0 spiro atoms. The van der Waals surface area contributed by atoms with E-state index < -0.39 is 28.5 Å². The molecule has 4 aromatic rings. The SMILES string of the molecule is CCCCNC(=O)[C@H](Cc1ccccc1)N(Cc1ccccc1C)C(=O)CN(c1ccc(C)cc1C)S(=O)(=O)c1ccccc1. The summed E-state index contributed by atoms with van der Waals surface area (Å²) in [6.45, 7) is 7.96. The summed E-state index contributed by atoms with van der Waals surface area (Å²) in [4.78, 5) is 30.1. The van der Waals surface area contributed by atoms with E-state index in [2.05, 4.69) is 12.2 Å². The summed E-state index contributed by atoms with van der Waals surface area (Å²) in [6, 6.07) is 30.1. The van der Waals surface area contributed by atoms with Gasteiger partial charge in [-0.3, -0.25) is 13.9 Å². The third kappa shape index (κ3) is 8.60. The molecule has 7 nitrogen and oxygen atoms in total. The van der Waals surface area contributed by atoms with E-state index in [4.69, 9.17) is 0 Å². The molecule has 0 aliphatic carbocycles. The smallest absolute Gasteiger partial charge is 0.264 e. The molecular formula is C37H43N3O4S. The minimum atomic E-state index is -4.14. The lowest BCUT2D eigenvalue weighted by molar-refractivity contribution is -0.140. The van der Waals surface area contributed by atoms with Gasteiger partial charge in [0.25, 0.3) is 10.0 Å². The molecule has 0 aliphatic heterocycles. The van der Waals surface area contributed by atoms with Gasteiger partial charge in [-0.25, -0.2) is 8.42 Å². The number of carbonyl (C=O) groups is 2. The van der Waals surface area contributed by atoms with Crippen molar-refractivity contribution >= 4 is 27.5 Å². The van der Waals surface area contributed by atoms with Gasteiger partial charge in [0.1, 0.15) is 12.6 Å². The molecular weight excluding hydrogens is 582 g/mol. The fourth-order valence-electron chi connectivity index (χ4n) is 5.35. The van der Waals surface area contributed by atoms with Crippen molar-refractivity contribution in [2.45, 2.75) is 64.4 Å². The van der Waals surface area contributed by atoms with Crippen molar-refractivity contribution in [2.24, 2.45) is 0 Å². The molecule has 236 valence electrons. The molecule has 0 heterocycles. The number of hydrogen-bond donors (Lipinski definition) is 1. The lowest BCUT2D eigenvalue weighted by Gasteiger charge is -2.34. The van der Waals surface area contributed by atoms with E-state index in [1.165, 1.54) is 16.4 Å². The van der Waals surface area contributed by atoms with Crippen LogP contribution < -0.4 is 9.62 Å². The Labute approximate surface area is 268 Å². The summed E-state index contributed by atoms with van der Waals surface area (Å²) >= 11 is 0. The molecule has 2 amide bonds. The first-order chi connectivity index (χ1) is 21.6. The van der Waals surface area contributed by atoms with Crippen LogP contribution in [-0.4, -0.2) is 44.3 Å². The Morgan fingerprint density at radius 1 is 0.800 bits per heavy atom. The van der Waals surface area contributed by atoms with Crippen LogP contribution in [0.1, 0.15) is 47.6 Å². The number of unbranched alkanes of at least 4 members (excludes halogenated alkanes) is 1. The first kappa shape index (κ1) is 33.5. The van der Waals surface area contributed by atoms with Gasteiger partial charge in [-0.1, -0.05) is 104 Å². The van der Waals surface area contributed by atoms with Crippen molar-refractivity contribution in [1.82, 2.24) is 10.2 Å². The maximum absolute atomic E-state index is 14.6. The number of hydrogen-bond acceptors (Lipinski definition) is 4. The zero-order valence-corrected chi connectivity index (χ0v) is 27.4. The number of benzene rings is 4. The van der Waals surface area contributed by atoms with E-state index >= 15 is 0 Å². The van der Waals surface area contributed by atoms with Crippen LogP contribution in [-0.2, 0) is 32.6 Å². The number of anilines is 1. The zero-order chi connectivity index (χ0) is 32.4. The van der Waals surface area contributed by atoms with Gasteiger partial charge in [0.2, 0.25) is 11.8 Å². The van der Waals surface area contributed by atoms with Gasteiger partial charge < -0.3 is 10.2 Å². The minimum Gasteiger partial charge on any atom is -0.354 e. The number of carbonyl (C=O) groups excluding carboxylic acids is 2. The van der Waals surface area contributed by atoms with Crippen LogP contribution in [0.2, 0.25) is 0 Å². The van der Waals surface area contributed by atoms with Crippen LogP contribution in [0, 0.1) is 20.8 Å². The second-order valence-electron chi connectivity index (χ2n) is 11.4. The summed E-state index contributed by atoms with van der Waals surface area (Å²) in [6.07, 6.45) is 2.01. The predicted octanol–water partition coefficient (Wildman–Crippen LogP) is 6.36. The molecule has 0 saturated carbocycles. The van der Waals surface area contributed by atoms with Crippen molar-refractivity contribution in [2.75, 3.05) is 17.4 Å². The Bertz CT molecular complexity index is 1690. The van der Waals surface area contributed by atoms with Gasteiger partial charge in [-0.2, -0.15) is 0 Å². The van der Waals surface area contributed by atoms with Gasteiger partial charge in [0.05, 0.1) is 10.6 Å². The molecule has 0 fully saturated rings. The summed E-state index contributed by atoms with van der Waals surface area (Å²) in [5, 5.41) is 3.03. The molecule has 4 aromatic carbocycles. The zero-order valence-electron chi connectivity index (χ0n) is 26.6. The van der Waals surface area contributed by atoms with E-state index in [0.29, 0.717) is 12.2 Å². The highest BCUT2D eigenvalue weighted by molar-refractivity contribution is 7.92. The standard InChI is InChI=1S/C37H43N3O4S/c1-5-6-23-38-37(42)35(25-31-16-9-7-10-17-31)39(26-32-18-14-13-15-29(32)3)36(41)27-40(34-22-21-28(2)24-30(34)4)45(43,44)33-19-11-8-12-20-33/h7-22,24,35H,5-6,23,25-27H2,1-4H3,(H,38,42)/t35-/m0/s1. The van der Waals surface area contributed by atoms with Crippen LogP contribution in [0.5, 0.6) is 0 Å². The second kappa shape index (κ2) is 15.5. The van der Waals surface area contributed by atoms with Gasteiger partial charge >= 0.3 is 0 Å². The number of rotatable bonds is 14. The third-order valence-electron chi connectivity index (χ3n) is 7.93. The Kier molecular flexibility index (Phi) is 11.5. The van der Waals surface area contributed by atoms with Crippen LogP contribution in [0.3, 0.4) is 0 Å². The first-order valence-electron chi connectivity index (χ1n) is 15.4. The fourth-order valence-corrected chi connectivity index (χ4v) is 6.85. The van der Waals surface area contributed by atoms with E-state index in [-0.39, 0.29) is 23.8 Å². The summed E-state index contributed by atoms with van der Waals surface area (Å²) in [5.74, 6) is -0.734. The van der Waals surface area contributed by atoms with E-state index in [9.17, 15) is 18.0 Å². The fraction of sp³-hybridized carbons (Fsp3) is 0.297. The van der Waals surface area contributed by atoms with Crippen molar-refractivity contribution in [3.05, 3.63) is 131 Å². The largest absolute Gasteiger partial charge is 0.354 e. The highest BCUT2D eigenvalue weighted by atomic mass is 32.2. The first-order valence-corrected chi connectivity index (χ1v) is 16.9. The monoisotopic (exact) mass is 625 g/mol. The van der Waals surface area contributed by atoms with Crippen LogP contribution in [0.25, 0.3) is 0 Å². The van der Waals surface area contributed by atoms with Crippen LogP contribution >= 0.6 is 0 Å². The Hall–Kier alpha value is -4.43. The lowest BCUT2D eigenvalue weighted by Crippen LogP contribution is -2.53. The second-order valence-corrected chi connectivity index (χ2v) is 13.3. The predicted molar refractivity (Wildman–Crippen MR) is 180 cm³/mol. The minimum absolute atomic E-state index is 0.0846. The third-order valence-corrected chi connectivity index (χ3v) is 9.71. The summed E-state index contributed by atoms with van der Waals surface area (Å²) in [7, 11) is -4.14. The summed E-state index contributed by atoms with van der Waals surface area (Å²) < 4.78 is 29.6. The van der Waals surface area contributed by atoms with Crippen molar-refractivity contribution in [1.29, 1.82) is 0 Å². The molecule has 1 N–H and O–H groups in total. The number of aryl methyl sites for hydroxylation is 3. The molecule has 8 heteroatoms. The van der Waals surface area contributed by atoms with Gasteiger partial charge in [-0.05, 0) is 67.6 Å². The lowest BCUT2D eigenvalue weighted by atomic mass is 10.0. The normalized spacial score (nSPS) is 11.9. The van der Waals surface area contributed by atoms with Crippen molar-refractivity contribution in [3.8, 4) is 0 Å². The van der Waals surface area contributed by atoms with Gasteiger partial charge in [0, 0.05) is 19.5 Å². The molecule has 0 aliphatic rings. The number of sulfonamides is 1. The average molecular weight is 626 g/mol. The molecule has 45 heavy (non-hydrogen) atoms. The molecule has 0 saturated heterocycles.